The van der Waals surface area contributed by atoms with Crippen LogP contribution < -0.4 is 5.32 Å². The molecule has 0 atom stereocenters. The van der Waals surface area contributed by atoms with Crippen LogP contribution in [0, 0.1) is 5.92 Å². The molecule has 0 aromatic carbocycles. The Labute approximate surface area is 205 Å². The zero-order valence-corrected chi connectivity index (χ0v) is 19.5. The van der Waals surface area contributed by atoms with Crippen LogP contribution in [0.3, 0.4) is 0 Å². The van der Waals surface area contributed by atoms with Crippen molar-refractivity contribution in [2.75, 3.05) is 5.32 Å². The number of nitrogens with zero attached hydrogens (tertiary/aromatic N) is 6. The molecule has 0 aliphatic carbocycles. The molecule has 0 spiro atoms. The summed E-state index contributed by atoms with van der Waals surface area (Å²) < 4.78 is 0. The quantitative estimate of drug-likeness (QED) is 0.331. The molecule has 10 nitrogen and oxygen atoms in total. The van der Waals surface area contributed by atoms with Crippen LogP contribution in [0.2, 0.25) is 0 Å². The first kappa shape index (κ1) is 21.5. The molecule has 10 heteroatoms. The molecule has 0 aliphatic heterocycles. The SMILES string of the molecule is CC(C)C(=O)Nc1cncc(-c2ccc3[nH]nc(-c4nc5c(-c6ccncc6)ccnc5[nH]4)c3n2)c1. The van der Waals surface area contributed by atoms with E-state index in [1.54, 1.807) is 31.0 Å². The minimum atomic E-state index is -0.131. The van der Waals surface area contributed by atoms with Gasteiger partial charge in [0.05, 0.1) is 23.1 Å². The fourth-order valence-corrected chi connectivity index (χ4v) is 3.95. The van der Waals surface area contributed by atoms with E-state index in [1.807, 2.05) is 50.2 Å². The van der Waals surface area contributed by atoms with E-state index in [2.05, 4.69) is 35.5 Å². The predicted octanol–water partition coefficient (Wildman–Crippen LogP) is 4.61. The molecule has 0 unspecified atom stereocenters. The van der Waals surface area contributed by atoms with Crippen molar-refractivity contribution in [1.82, 2.24) is 40.1 Å². The summed E-state index contributed by atoms with van der Waals surface area (Å²) in [4.78, 5) is 37.9. The second-order valence-electron chi connectivity index (χ2n) is 8.65. The molecule has 6 aromatic heterocycles. The fraction of sp³-hybridized carbons (Fsp3) is 0.115. The topological polar surface area (TPSA) is 138 Å². The van der Waals surface area contributed by atoms with Crippen LogP contribution in [0.4, 0.5) is 5.69 Å². The first-order valence-electron chi connectivity index (χ1n) is 11.4. The third kappa shape index (κ3) is 3.84. The van der Waals surface area contributed by atoms with Crippen LogP contribution in [-0.4, -0.2) is 46.0 Å². The Morgan fingerprint density at radius 1 is 0.917 bits per heavy atom. The molecule has 0 fully saturated rings. The van der Waals surface area contributed by atoms with Gasteiger partial charge in [0.15, 0.2) is 17.2 Å². The maximum Gasteiger partial charge on any atom is 0.226 e. The number of carbonyl (C=O) groups is 1. The van der Waals surface area contributed by atoms with Gasteiger partial charge in [0.25, 0.3) is 0 Å². The number of pyridine rings is 4. The summed E-state index contributed by atoms with van der Waals surface area (Å²) in [6, 6.07) is 11.5. The normalized spacial score (nSPS) is 11.4. The molecular formula is C26H21N9O. The molecule has 6 aromatic rings. The van der Waals surface area contributed by atoms with E-state index in [4.69, 9.17) is 9.97 Å². The van der Waals surface area contributed by atoms with Crippen molar-refractivity contribution in [2.24, 2.45) is 5.92 Å². The van der Waals surface area contributed by atoms with Gasteiger partial charge in [-0.2, -0.15) is 5.10 Å². The lowest BCUT2D eigenvalue weighted by molar-refractivity contribution is -0.118. The highest BCUT2D eigenvalue weighted by molar-refractivity contribution is 5.95. The van der Waals surface area contributed by atoms with Gasteiger partial charge < -0.3 is 10.3 Å². The van der Waals surface area contributed by atoms with E-state index >= 15 is 0 Å². The number of aromatic amines is 2. The van der Waals surface area contributed by atoms with E-state index in [0.717, 1.165) is 27.7 Å². The predicted molar refractivity (Wildman–Crippen MR) is 137 cm³/mol. The first-order valence-corrected chi connectivity index (χ1v) is 11.4. The average molecular weight is 476 g/mol. The van der Waals surface area contributed by atoms with E-state index in [1.165, 1.54) is 0 Å². The Hall–Kier alpha value is -4.99. The summed E-state index contributed by atoms with van der Waals surface area (Å²) in [6.07, 6.45) is 8.58. The number of amides is 1. The Bertz CT molecular complexity index is 1720. The van der Waals surface area contributed by atoms with Crippen molar-refractivity contribution in [2.45, 2.75) is 13.8 Å². The van der Waals surface area contributed by atoms with Crippen molar-refractivity contribution in [3.05, 3.63) is 67.4 Å². The van der Waals surface area contributed by atoms with Gasteiger partial charge in [0, 0.05) is 41.8 Å². The summed E-state index contributed by atoms with van der Waals surface area (Å²) in [5.41, 5.74) is 7.46. The highest BCUT2D eigenvalue weighted by Gasteiger charge is 2.17. The van der Waals surface area contributed by atoms with Gasteiger partial charge >= 0.3 is 0 Å². The molecule has 0 aliphatic rings. The minimum Gasteiger partial charge on any atom is -0.324 e. The zero-order valence-electron chi connectivity index (χ0n) is 19.5. The monoisotopic (exact) mass is 475 g/mol. The molecule has 3 N–H and O–H groups in total. The summed E-state index contributed by atoms with van der Waals surface area (Å²) in [7, 11) is 0. The molecule has 6 heterocycles. The summed E-state index contributed by atoms with van der Waals surface area (Å²) in [5, 5.41) is 10.4. The lowest BCUT2D eigenvalue weighted by Gasteiger charge is -2.08. The van der Waals surface area contributed by atoms with E-state index in [-0.39, 0.29) is 11.8 Å². The second kappa shape index (κ2) is 8.66. The van der Waals surface area contributed by atoms with E-state index in [0.29, 0.717) is 34.1 Å². The van der Waals surface area contributed by atoms with Crippen molar-refractivity contribution < 1.29 is 4.79 Å². The number of H-pyrrole nitrogens is 2. The number of nitrogens with one attached hydrogen (secondary N) is 3. The number of anilines is 1. The Morgan fingerprint density at radius 3 is 2.61 bits per heavy atom. The first-order chi connectivity index (χ1) is 17.6. The van der Waals surface area contributed by atoms with Gasteiger partial charge in [-0.1, -0.05) is 13.8 Å². The number of imidazole rings is 1. The lowest BCUT2D eigenvalue weighted by Crippen LogP contribution is -2.17. The molecule has 0 saturated carbocycles. The molecular weight excluding hydrogens is 454 g/mol. The lowest BCUT2D eigenvalue weighted by atomic mass is 10.1. The van der Waals surface area contributed by atoms with Crippen LogP contribution in [0.25, 0.3) is 56.1 Å². The molecule has 0 radical (unpaired) electrons. The summed E-state index contributed by atoms with van der Waals surface area (Å²) >= 11 is 0. The van der Waals surface area contributed by atoms with Gasteiger partial charge in [-0.15, -0.1) is 0 Å². The Balaban J connectivity index is 1.41. The number of fused-ring (bicyclic) bond motifs is 2. The smallest absolute Gasteiger partial charge is 0.226 e. The van der Waals surface area contributed by atoms with E-state index in [9.17, 15) is 4.79 Å². The van der Waals surface area contributed by atoms with Crippen LogP contribution in [0.15, 0.2) is 67.4 Å². The molecule has 6 rings (SSSR count). The van der Waals surface area contributed by atoms with Gasteiger partial charge in [0.1, 0.15) is 11.0 Å². The van der Waals surface area contributed by atoms with Crippen LogP contribution in [-0.2, 0) is 4.79 Å². The number of rotatable bonds is 5. The number of carbonyl (C=O) groups excluding carboxylic acids is 1. The van der Waals surface area contributed by atoms with Crippen molar-refractivity contribution in [3.8, 4) is 33.9 Å². The van der Waals surface area contributed by atoms with Crippen molar-refractivity contribution in [1.29, 1.82) is 0 Å². The average Bonchev–Trinajstić information content (AvgIpc) is 3.53. The third-order valence-electron chi connectivity index (χ3n) is 5.83. The second-order valence-corrected chi connectivity index (χ2v) is 8.65. The van der Waals surface area contributed by atoms with Crippen LogP contribution >= 0.6 is 0 Å². The van der Waals surface area contributed by atoms with Crippen LogP contribution in [0.1, 0.15) is 13.8 Å². The van der Waals surface area contributed by atoms with Gasteiger partial charge in [0.2, 0.25) is 5.91 Å². The highest BCUT2D eigenvalue weighted by atomic mass is 16.1. The summed E-state index contributed by atoms with van der Waals surface area (Å²) in [5.74, 6) is 0.360. The standard InChI is InChI=1S/C26H21N9O/c1-14(2)26(36)30-17-11-16(12-28-13-17)19-3-4-20-22(31-19)23(35-34-20)25-32-21-18(7-10-29-24(21)33-25)15-5-8-27-9-6-15/h3-14H,1-2H3,(H,30,36)(H,34,35)(H,29,32,33). The van der Waals surface area contributed by atoms with Gasteiger partial charge in [-0.05, 0) is 42.0 Å². The molecule has 36 heavy (non-hydrogen) atoms. The largest absolute Gasteiger partial charge is 0.324 e. The minimum absolute atomic E-state index is 0.0703. The number of hydrogen-bond acceptors (Lipinski definition) is 7. The highest BCUT2D eigenvalue weighted by Crippen LogP contribution is 2.31. The zero-order chi connectivity index (χ0) is 24.6. The molecule has 0 bridgehead atoms. The van der Waals surface area contributed by atoms with Crippen LogP contribution in [0.5, 0.6) is 0 Å². The van der Waals surface area contributed by atoms with Gasteiger partial charge in [-0.25, -0.2) is 15.0 Å². The van der Waals surface area contributed by atoms with Crippen molar-refractivity contribution >= 4 is 33.8 Å². The molecule has 176 valence electrons. The van der Waals surface area contributed by atoms with E-state index < -0.39 is 0 Å². The maximum absolute atomic E-state index is 12.1. The number of aromatic nitrogens is 8. The Morgan fingerprint density at radius 2 is 1.78 bits per heavy atom. The van der Waals surface area contributed by atoms with Gasteiger partial charge in [-0.3, -0.25) is 19.9 Å². The molecule has 0 saturated heterocycles. The number of hydrogen-bond donors (Lipinski definition) is 3. The Kier molecular flexibility index (Phi) is 5.18. The third-order valence-corrected chi connectivity index (χ3v) is 5.83. The maximum atomic E-state index is 12.1. The molecule has 1 amide bonds. The fourth-order valence-electron chi connectivity index (χ4n) is 3.95. The summed E-state index contributed by atoms with van der Waals surface area (Å²) in [6.45, 7) is 3.69. The van der Waals surface area contributed by atoms with Crippen molar-refractivity contribution in [3.63, 3.8) is 0 Å².